The fourth-order valence-electron chi connectivity index (χ4n) is 2.54. The fraction of sp³-hybridized carbons (Fsp3) is 0.615. The zero-order valence-corrected chi connectivity index (χ0v) is 10.4. The molecule has 1 aromatic rings. The zero-order chi connectivity index (χ0) is 12.3. The lowest BCUT2D eigenvalue weighted by atomic mass is 10.1. The Morgan fingerprint density at radius 1 is 1.59 bits per heavy atom. The summed E-state index contributed by atoms with van der Waals surface area (Å²) in [4.78, 5) is 6.77. The van der Waals surface area contributed by atoms with Crippen molar-refractivity contribution in [3.8, 4) is 0 Å². The summed E-state index contributed by atoms with van der Waals surface area (Å²) < 4.78 is 0. The number of hydrogen-bond acceptors (Lipinski definition) is 4. The average Bonchev–Trinajstić information content (AvgIpc) is 2.78. The van der Waals surface area contributed by atoms with Crippen LogP contribution in [0.1, 0.15) is 24.0 Å². The molecule has 94 valence electrons. The lowest BCUT2D eigenvalue weighted by Gasteiger charge is -2.21. The van der Waals surface area contributed by atoms with Crippen molar-refractivity contribution in [1.29, 1.82) is 0 Å². The van der Waals surface area contributed by atoms with Crippen LogP contribution in [0.5, 0.6) is 0 Å². The summed E-state index contributed by atoms with van der Waals surface area (Å²) in [6, 6.07) is 2.01. The van der Waals surface area contributed by atoms with Gasteiger partial charge in [0.25, 0.3) is 0 Å². The van der Waals surface area contributed by atoms with E-state index in [-0.39, 0.29) is 6.61 Å². The van der Waals surface area contributed by atoms with Crippen molar-refractivity contribution in [2.45, 2.75) is 26.3 Å². The highest BCUT2D eigenvalue weighted by molar-refractivity contribution is 5.51. The van der Waals surface area contributed by atoms with E-state index in [2.05, 4.69) is 16.8 Å². The first-order valence-electron chi connectivity index (χ1n) is 6.26. The molecule has 1 aliphatic rings. The molecule has 1 aliphatic heterocycles. The molecule has 1 atom stereocenters. The second kappa shape index (κ2) is 5.47. The number of anilines is 1. The van der Waals surface area contributed by atoms with Gasteiger partial charge in [-0.1, -0.05) is 0 Å². The molecule has 0 radical (unpaired) electrons. The maximum absolute atomic E-state index is 8.97. The molecule has 2 rings (SSSR count). The molecule has 1 unspecified atom stereocenters. The number of aliphatic hydroxyl groups is 1. The van der Waals surface area contributed by atoms with Crippen LogP contribution in [0.4, 0.5) is 5.82 Å². The smallest absolute Gasteiger partial charge is 0.133 e. The van der Waals surface area contributed by atoms with E-state index in [9.17, 15) is 0 Å². The number of nitrogens with two attached hydrogens (primary N) is 1. The van der Waals surface area contributed by atoms with Crippen LogP contribution in [0, 0.1) is 12.8 Å². The number of aryl methyl sites for hydroxylation is 1. The molecule has 1 saturated heterocycles. The molecule has 1 fully saturated rings. The van der Waals surface area contributed by atoms with E-state index < -0.39 is 0 Å². The third-order valence-corrected chi connectivity index (χ3v) is 3.59. The molecule has 1 aromatic heterocycles. The second-order valence-corrected chi connectivity index (χ2v) is 4.75. The monoisotopic (exact) mass is 235 g/mol. The fourth-order valence-corrected chi connectivity index (χ4v) is 2.54. The van der Waals surface area contributed by atoms with E-state index in [0.717, 1.165) is 37.3 Å². The van der Waals surface area contributed by atoms with Crippen LogP contribution >= 0.6 is 0 Å². The van der Waals surface area contributed by atoms with Crippen LogP contribution in [0.25, 0.3) is 0 Å². The number of pyridine rings is 1. The predicted molar refractivity (Wildman–Crippen MR) is 68.9 cm³/mol. The van der Waals surface area contributed by atoms with Crippen molar-refractivity contribution in [3.63, 3.8) is 0 Å². The van der Waals surface area contributed by atoms with Gasteiger partial charge in [-0.05, 0) is 37.3 Å². The van der Waals surface area contributed by atoms with E-state index in [1.807, 2.05) is 12.3 Å². The average molecular weight is 235 g/mol. The van der Waals surface area contributed by atoms with Gasteiger partial charge in [0.05, 0.1) is 0 Å². The Hall–Kier alpha value is -1.13. The van der Waals surface area contributed by atoms with Crippen molar-refractivity contribution < 1.29 is 5.11 Å². The Morgan fingerprint density at radius 3 is 3.12 bits per heavy atom. The lowest BCUT2D eigenvalue weighted by Crippen LogP contribution is -2.23. The van der Waals surface area contributed by atoms with Crippen molar-refractivity contribution in [3.05, 3.63) is 23.4 Å². The van der Waals surface area contributed by atoms with Crippen LogP contribution in [-0.2, 0) is 6.54 Å². The molecule has 0 aromatic carbocycles. The largest absolute Gasteiger partial charge is 0.396 e. The molecular weight excluding hydrogens is 214 g/mol. The van der Waals surface area contributed by atoms with Crippen molar-refractivity contribution >= 4 is 5.82 Å². The van der Waals surface area contributed by atoms with Crippen LogP contribution in [0.3, 0.4) is 0 Å². The molecule has 3 N–H and O–H groups in total. The Bertz CT molecular complexity index is 381. The first kappa shape index (κ1) is 12.3. The topological polar surface area (TPSA) is 62.4 Å². The molecular formula is C13H21N3O. The molecule has 4 heteroatoms. The van der Waals surface area contributed by atoms with Crippen LogP contribution < -0.4 is 10.6 Å². The third-order valence-electron chi connectivity index (χ3n) is 3.59. The minimum Gasteiger partial charge on any atom is -0.396 e. The molecule has 0 spiro atoms. The standard InChI is InChI=1S/C13H21N3O/c1-10-2-5-15-13(12(10)8-14)16-6-3-11(9-16)4-7-17/h2,5,11,17H,3-4,6-9,14H2,1H3. The number of hydrogen-bond donors (Lipinski definition) is 2. The van der Waals surface area contributed by atoms with E-state index in [1.165, 1.54) is 5.56 Å². The van der Waals surface area contributed by atoms with E-state index in [4.69, 9.17) is 10.8 Å². The summed E-state index contributed by atoms with van der Waals surface area (Å²) in [7, 11) is 0. The van der Waals surface area contributed by atoms with Gasteiger partial charge in [-0.25, -0.2) is 4.98 Å². The minimum atomic E-state index is 0.281. The Morgan fingerprint density at radius 2 is 2.41 bits per heavy atom. The number of aliphatic hydroxyl groups excluding tert-OH is 1. The molecule has 0 amide bonds. The molecule has 0 aliphatic carbocycles. The van der Waals surface area contributed by atoms with Gasteiger partial charge in [0.15, 0.2) is 0 Å². The van der Waals surface area contributed by atoms with Gasteiger partial charge in [-0.2, -0.15) is 0 Å². The first-order valence-corrected chi connectivity index (χ1v) is 6.26. The van der Waals surface area contributed by atoms with Crippen molar-refractivity contribution in [1.82, 2.24) is 4.98 Å². The summed E-state index contributed by atoms with van der Waals surface area (Å²) in [6.45, 7) is 4.91. The highest BCUT2D eigenvalue weighted by Gasteiger charge is 2.24. The summed E-state index contributed by atoms with van der Waals surface area (Å²) in [6.07, 6.45) is 3.88. The SMILES string of the molecule is Cc1ccnc(N2CCC(CCO)C2)c1CN. The highest BCUT2D eigenvalue weighted by Crippen LogP contribution is 2.27. The van der Waals surface area contributed by atoms with E-state index in [0.29, 0.717) is 12.5 Å². The first-order chi connectivity index (χ1) is 8.26. The van der Waals surface area contributed by atoms with E-state index in [1.54, 1.807) is 0 Å². The van der Waals surface area contributed by atoms with Crippen molar-refractivity contribution in [2.75, 3.05) is 24.6 Å². The number of aromatic nitrogens is 1. The molecule has 0 saturated carbocycles. The minimum absolute atomic E-state index is 0.281. The normalized spacial score (nSPS) is 19.9. The Balaban J connectivity index is 2.15. The predicted octanol–water partition coefficient (Wildman–Crippen LogP) is 1.06. The number of rotatable bonds is 4. The van der Waals surface area contributed by atoms with E-state index >= 15 is 0 Å². The highest BCUT2D eigenvalue weighted by atomic mass is 16.3. The van der Waals surface area contributed by atoms with Gasteiger partial charge in [-0.15, -0.1) is 0 Å². The van der Waals surface area contributed by atoms with Gasteiger partial charge in [-0.3, -0.25) is 0 Å². The molecule has 4 nitrogen and oxygen atoms in total. The lowest BCUT2D eigenvalue weighted by molar-refractivity contribution is 0.263. The van der Waals surface area contributed by atoms with Crippen LogP contribution in [0.15, 0.2) is 12.3 Å². The Kier molecular flexibility index (Phi) is 3.97. The number of nitrogens with zero attached hydrogens (tertiary/aromatic N) is 2. The molecule has 17 heavy (non-hydrogen) atoms. The van der Waals surface area contributed by atoms with Gasteiger partial charge < -0.3 is 15.7 Å². The maximum Gasteiger partial charge on any atom is 0.133 e. The quantitative estimate of drug-likeness (QED) is 0.819. The van der Waals surface area contributed by atoms with Crippen molar-refractivity contribution in [2.24, 2.45) is 11.7 Å². The summed E-state index contributed by atoms with van der Waals surface area (Å²) >= 11 is 0. The second-order valence-electron chi connectivity index (χ2n) is 4.75. The van der Waals surface area contributed by atoms with Gasteiger partial charge >= 0.3 is 0 Å². The molecule has 0 bridgehead atoms. The summed E-state index contributed by atoms with van der Waals surface area (Å²) in [5, 5.41) is 8.97. The summed E-state index contributed by atoms with van der Waals surface area (Å²) in [5.41, 5.74) is 8.17. The zero-order valence-electron chi connectivity index (χ0n) is 10.4. The van der Waals surface area contributed by atoms with Gasteiger partial charge in [0, 0.05) is 38.0 Å². The van der Waals surface area contributed by atoms with Gasteiger partial charge in [0.1, 0.15) is 5.82 Å². The Labute approximate surface area is 102 Å². The van der Waals surface area contributed by atoms with Gasteiger partial charge in [0.2, 0.25) is 0 Å². The van der Waals surface area contributed by atoms with Crippen LogP contribution in [-0.4, -0.2) is 29.8 Å². The summed E-state index contributed by atoms with van der Waals surface area (Å²) in [5.74, 6) is 1.63. The van der Waals surface area contributed by atoms with Crippen LogP contribution in [0.2, 0.25) is 0 Å². The maximum atomic E-state index is 8.97. The third kappa shape index (κ3) is 2.58. The molecule has 2 heterocycles.